The normalized spacial score (nSPS) is 18.7. The van der Waals surface area contributed by atoms with Crippen molar-refractivity contribution in [3.05, 3.63) is 28.8 Å². The van der Waals surface area contributed by atoms with Crippen molar-refractivity contribution < 1.29 is 14.5 Å². The monoisotopic (exact) mass is 374 g/mol. The van der Waals surface area contributed by atoms with Gasteiger partial charge < -0.3 is 10.0 Å². The van der Waals surface area contributed by atoms with Gasteiger partial charge in [0.15, 0.2) is 0 Å². The van der Waals surface area contributed by atoms with Crippen LogP contribution < -0.4 is 0 Å². The highest BCUT2D eigenvalue weighted by molar-refractivity contribution is 5.78. The van der Waals surface area contributed by atoms with Gasteiger partial charge in [0.25, 0.3) is 0 Å². The SMILES string of the molecule is Cc1nonc1CC(=O)N1CCn2nc(CN3CCC(CO)CC3)cc2C1. The Morgan fingerprint density at radius 3 is 2.78 bits per heavy atom. The first-order valence-corrected chi connectivity index (χ1v) is 9.57. The van der Waals surface area contributed by atoms with Crippen LogP contribution in [0.25, 0.3) is 0 Å². The van der Waals surface area contributed by atoms with Crippen LogP contribution in [0, 0.1) is 12.8 Å². The number of aryl methyl sites for hydroxylation is 1. The van der Waals surface area contributed by atoms with Gasteiger partial charge in [-0.2, -0.15) is 5.10 Å². The minimum atomic E-state index is 0.0360. The first-order chi connectivity index (χ1) is 13.1. The molecule has 4 heterocycles. The summed E-state index contributed by atoms with van der Waals surface area (Å²) in [4.78, 5) is 16.8. The molecule has 0 radical (unpaired) electrons. The molecule has 146 valence electrons. The third-order valence-electron chi connectivity index (χ3n) is 5.62. The van der Waals surface area contributed by atoms with Gasteiger partial charge in [-0.15, -0.1) is 0 Å². The number of nitrogens with zero attached hydrogens (tertiary/aromatic N) is 6. The molecular formula is C18H26N6O3. The molecule has 2 aliphatic heterocycles. The van der Waals surface area contributed by atoms with Crippen molar-refractivity contribution in [1.82, 2.24) is 29.9 Å². The Bertz CT molecular complexity index is 793. The quantitative estimate of drug-likeness (QED) is 0.807. The number of fused-ring (bicyclic) bond motifs is 1. The van der Waals surface area contributed by atoms with Gasteiger partial charge in [0.05, 0.1) is 30.9 Å². The zero-order valence-electron chi connectivity index (χ0n) is 15.7. The molecule has 0 atom stereocenters. The Morgan fingerprint density at radius 1 is 1.26 bits per heavy atom. The van der Waals surface area contributed by atoms with Crippen LogP contribution in [0.2, 0.25) is 0 Å². The van der Waals surface area contributed by atoms with Gasteiger partial charge in [0, 0.05) is 19.7 Å². The van der Waals surface area contributed by atoms with Crippen molar-refractivity contribution in [2.45, 2.75) is 45.8 Å². The molecule has 0 saturated carbocycles. The number of carbonyl (C=O) groups excluding carboxylic acids is 1. The van der Waals surface area contributed by atoms with Gasteiger partial charge in [-0.05, 0) is 44.8 Å². The highest BCUT2D eigenvalue weighted by Crippen LogP contribution is 2.20. The van der Waals surface area contributed by atoms with Crippen molar-refractivity contribution in [3.63, 3.8) is 0 Å². The third kappa shape index (κ3) is 4.03. The number of aliphatic hydroxyl groups is 1. The van der Waals surface area contributed by atoms with E-state index in [1.807, 2.05) is 9.58 Å². The van der Waals surface area contributed by atoms with E-state index in [-0.39, 0.29) is 12.3 Å². The van der Waals surface area contributed by atoms with E-state index in [2.05, 4.69) is 25.9 Å². The smallest absolute Gasteiger partial charge is 0.229 e. The highest BCUT2D eigenvalue weighted by atomic mass is 16.6. The molecule has 2 aliphatic rings. The number of carbonyl (C=O) groups is 1. The Balaban J connectivity index is 1.35. The van der Waals surface area contributed by atoms with Crippen molar-refractivity contribution in [2.24, 2.45) is 5.92 Å². The maximum atomic E-state index is 12.6. The lowest BCUT2D eigenvalue weighted by molar-refractivity contribution is -0.132. The van der Waals surface area contributed by atoms with Crippen LogP contribution in [-0.4, -0.2) is 67.1 Å². The summed E-state index contributed by atoms with van der Waals surface area (Å²) >= 11 is 0. The van der Waals surface area contributed by atoms with Gasteiger partial charge in [0.1, 0.15) is 11.4 Å². The number of likely N-dealkylation sites (tertiary alicyclic amines) is 1. The van der Waals surface area contributed by atoms with Crippen molar-refractivity contribution in [2.75, 3.05) is 26.2 Å². The summed E-state index contributed by atoms with van der Waals surface area (Å²) in [6, 6.07) is 2.11. The zero-order valence-corrected chi connectivity index (χ0v) is 15.7. The second kappa shape index (κ2) is 7.77. The number of amides is 1. The summed E-state index contributed by atoms with van der Waals surface area (Å²) in [7, 11) is 0. The molecule has 2 aromatic rings. The lowest BCUT2D eigenvalue weighted by Gasteiger charge is -2.30. The fourth-order valence-electron chi connectivity index (χ4n) is 3.84. The van der Waals surface area contributed by atoms with E-state index in [0.29, 0.717) is 43.5 Å². The predicted molar refractivity (Wildman–Crippen MR) is 95.5 cm³/mol. The van der Waals surface area contributed by atoms with E-state index < -0.39 is 0 Å². The number of aliphatic hydroxyl groups excluding tert-OH is 1. The Morgan fingerprint density at radius 2 is 2.07 bits per heavy atom. The Kier molecular flexibility index (Phi) is 5.22. The molecule has 0 unspecified atom stereocenters. The number of rotatable bonds is 5. The van der Waals surface area contributed by atoms with Crippen LogP contribution in [-0.2, 0) is 30.8 Å². The molecular weight excluding hydrogens is 348 g/mol. The minimum Gasteiger partial charge on any atom is -0.396 e. The number of aromatic nitrogens is 4. The lowest BCUT2D eigenvalue weighted by Crippen LogP contribution is -2.39. The lowest BCUT2D eigenvalue weighted by atomic mass is 9.98. The van der Waals surface area contributed by atoms with Crippen molar-refractivity contribution in [3.8, 4) is 0 Å². The second-order valence-corrected chi connectivity index (χ2v) is 7.54. The van der Waals surface area contributed by atoms with Crippen LogP contribution in [0.3, 0.4) is 0 Å². The zero-order chi connectivity index (χ0) is 18.8. The number of hydrogen-bond donors (Lipinski definition) is 1. The summed E-state index contributed by atoms with van der Waals surface area (Å²) in [5.74, 6) is 0.480. The average molecular weight is 374 g/mol. The molecule has 0 aromatic carbocycles. The van der Waals surface area contributed by atoms with Crippen LogP contribution in [0.15, 0.2) is 10.7 Å². The van der Waals surface area contributed by atoms with Gasteiger partial charge in [0.2, 0.25) is 5.91 Å². The Labute approximate surface area is 157 Å². The second-order valence-electron chi connectivity index (χ2n) is 7.54. The molecule has 0 spiro atoms. The maximum Gasteiger partial charge on any atom is 0.229 e. The first-order valence-electron chi connectivity index (χ1n) is 9.57. The molecule has 0 aliphatic carbocycles. The van der Waals surface area contributed by atoms with Gasteiger partial charge in [-0.3, -0.25) is 14.4 Å². The minimum absolute atomic E-state index is 0.0360. The molecule has 1 N–H and O–H groups in total. The van der Waals surface area contributed by atoms with Crippen LogP contribution in [0.1, 0.15) is 35.6 Å². The summed E-state index contributed by atoms with van der Waals surface area (Å²) in [6.45, 7) is 6.86. The van der Waals surface area contributed by atoms with E-state index in [4.69, 9.17) is 5.10 Å². The molecule has 4 rings (SSSR count). The van der Waals surface area contributed by atoms with E-state index in [1.54, 1.807) is 6.92 Å². The van der Waals surface area contributed by atoms with E-state index in [1.165, 1.54) is 0 Å². The summed E-state index contributed by atoms with van der Waals surface area (Å²) in [5, 5.41) is 21.5. The van der Waals surface area contributed by atoms with Crippen molar-refractivity contribution >= 4 is 5.91 Å². The van der Waals surface area contributed by atoms with Gasteiger partial charge >= 0.3 is 0 Å². The molecule has 2 aromatic heterocycles. The van der Waals surface area contributed by atoms with Gasteiger partial charge in [-0.25, -0.2) is 4.63 Å². The molecule has 9 nitrogen and oxygen atoms in total. The highest BCUT2D eigenvalue weighted by Gasteiger charge is 2.25. The van der Waals surface area contributed by atoms with Crippen LogP contribution in [0.5, 0.6) is 0 Å². The molecule has 0 bridgehead atoms. The fourth-order valence-corrected chi connectivity index (χ4v) is 3.84. The van der Waals surface area contributed by atoms with Crippen LogP contribution in [0.4, 0.5) is 0 Å². The summed E-state index contributed by atoms with van der Waals surface area (Å²) in [6.07, 6.45) is 2.31. The summed E-state index contributed by atoms with van der Waals surface area (Å²) in [5.41, 5.74) is 3.40. The standard InChI is InChI=1S/C18H26N6O3/c1-13-17(21-27-20-13)9-18(26)23-6-7-24-16(11-23)8-15(19-24)10-22-4-2-14(12-25)3-5-22/h8,14,25H,2-7,9-12H2,1H3. The number of piperidine rings is 1. The summed E-state index contributed by atoms with van der Waals surface area (Å²) < 4.78 is 6.69. The largest absolute Gasteiger partial charge is 0.396 e. The number of hydrogen-bond acceptors (Lipinski definition) is 7. The van der Waals surface area contributed by atoms with E-state index >= 15 is 0 Å². The van der Waals surface area contributed by atoms with E-state index in [0.717, 1.165) is 43.9 Å². The first kappa shape index (κ1) is 18.1. The average Bonchev–Trinajstić information content (AvgIpc) is 3.27. The molecule has 9 heteroatoms. The Hall–Kier alpha value is -2.26. The van der Waals surface area contributed by atoms with E-state index in [9.17, 15) is 9.90 Å². The maximum absolute atomic E-state index is 12.6. The fraction of sp³-hybridized carbons (Fsp3) is 0.667. The van der Waals surface area contributed by atoms with Crippen LogP contribution >= 0.6 is 0 Å². The molecule has 27 heavy (non-hydrogen) atoms. The van der Waals surface area contributed by atoms with Crippen molar-refractivity contribution in [1.29, 1.82) is 0 Å². The van der Waals surface area contributed by atoms with Gasteiger partial charge in [-0.1, -0.05) is 10.3 Å². The molecule has 1 fully saturated rings. The predicted octanol–water partition coefficient (Wildman–Crippen LogP) is 0.364. The molecule has 1 saturated heterocycles. The molecule has 1 amide bonds. The topological polar surface area (TPSA) is 101 Å². The third-order valence-corrected chi connectivity index (χ3v) is 5.62.